The lowest BCUT2D eigenvalue weighted by molar-refractivity contribution is -0.384. The number of nitro groups is 1. The van der Waals surface area contributed by atoms with Crippen LogP contribution in [0.4, 0.5) is 17.1 Å². The fourth-order valence-electron chi connectivity index (χ4n) is 0.840. The Kier molecular flexibility index (Phi) is 2.53. The number of azo groups is 1. The number of nitrogen functional groups attached to an aromatic ring is 1. The largest absolute Gasteiger partial charge is 0.397 e. The van der Waals surface area contributed by atoms with Crippen LogP contribution in [0.2, 0.25) is 0 Å². The van der Waals surface area contributed by atoms with E-state index < -0.39 is 4.92 Å². The third-order valence-electron chi connectivity index (χ3n) is 1.43. The number of hydrogen-bond acceptors (Lipinski definition) is 5. The molecule has 0 aliphatic carbocycles. The molecule has 0 fully saturated rings. The molecule has 1 aromatic rings. The number of nitrogens with zero attached hydrogens (tertiary/aromatic N) is 3. The van der Waals surface area contributed by atoms with E-state index in [4.69, 9.17) is 5.73 Å². The van der Waals surface area contributed by atoms with Crippen LogP contribution in [0, 0.1) is 10.1 Å². The van der Waals surface area contributed by atoms with Crippen molar-refractivity contribution in [2.45, 2.75) is 0 Å². The molecule has 0 aliphatic rings. The molecule has 68 valence electrons. The van der Waals surface area contributed by atoms with Crippen LogP contribution in [0.1, 0.15) is 0 Å². The quantitative estimate of drug-likeness (QED) is 0.326. The zero-order valence-corrected chi connectivity index (χ0v) is 6.97. The second kappa shape index (κ2) is 3.61. The highest BCUT2D eigenvalue weighted by atomic mass is 16.6. The maximum Gasteiger partial charge on any atom is 0.271 e. The van der Waals surface area contributed by atoms with Gasteiger partial charge in [0.2, 0.25) is 0 Å². The Balaban J connectivity index is 3.18. The summed E-state index contributed by atoms with van der Waals surface area (Å²) in [5, 5.41) is 17.5. The molecule has 0 amide bonds. The minimum absolute atomic E-state index is 0.0448. The van der Waals surface area contributed by atoms with Crippen LogP contribution in [0.5, 0.6) is 0 Å². The highest BCUT2D eigenvalue weighted by Crippen LogP contribution is 2.26. The molecule has 0 radical (unpaired) electrons. The summed E-state index contributed by atoms with van der Waals surface area (Å²) in [4.78, 5) is 9.86. The molecule has 13 heavy (non-hydrogen) atoms. The fraction of sp³-hybridized carbons (Fsp3) is 0.143. The molecule has 0 saturated carbocycles. The first-order valence-corrected chi connectivity index (χ1v) is 3.49. The summed E-state index contributed by atoms with van der Waals surface area (Å²) < 4.78 is 0. The smallest absolute Gasteiger partial charge is 0.271 e. The van der Waals surface area contributed by atoms with E-state index in [-0.39, 0.29) is 5.69 Å². The monoisotopic (exact) mass is 180 g/mol. The average molecular weight is 180 g/mol. The molecule has 1 rings (SSSR count). The first-order valence-electron chi connectivity index (χ1n) is 3.49. The van der Waals surface area contributed by atoms with Crippen molar-refractivity contribution in [2.24, 2.45) is 10.2 Å². The van der Waals surface area contributed by atoms with E-state index in [9.17, 15) is 10.1 Å². The van der Waals surface area contributed by atoms with Crippen molar-refractivity contribution >= 4 is 17.1 Å². The number of rotatable bonds is 2. The third kappa shape index (κ3) is 1.98. The van der Waals surface area contributed by atoms with Crippen molar-refractivity contribution in [3.8, 4) is 0 Å². The highest BCUT2D eigenvalue weighted by molar-refractivity contribution is 5.65. The van der Waals surface area contributed by atoms with Crippen molar-refractivity contribution < 1.29 is 4.92 Å². The van der Waals surface area contributed by atoms with Crippen molar-refractivity contribution in [3.63, 3.8) is 0 Å². The van der Waals surface area contributed by atoms with Gasteiger partial charge in [-0.15, -0.1) is 0 Å². The van der Waals surface area contributed by atoms with Crippen LogP contribution in [0.3, 0.4) is 0 Å². The molecule has 0 bridgehead atoms. The molecule has 6 nitrogen and oxygen atoms in total. The van der Waals surface area contributed by atoms with Gasteiger partial charge >= 0.3 is 0 Å². The molecule has 0 aliphatic heterocycles. The molecule has 1 aromatic carbocycles. The molecule has 6 heteroatoms. The molecule has 0 unspecified atom stereocenters. The van der Waals surface area contributed by atoms with Crippen LogP contribution in [0.15, 0.2) is 28.4 Å². The van der Waals surface area contributed by atoms with Gasteiger partial charge in [-0.05, 0) is 6.07 Å². The SMILES string of the molecule is CN=Nc1cc([N+](=O)[O-])ccc1N. The summed E-state index contributed by atoms with van der Waals surface area (Å²) in [5.74, 6) is 0. The molecule has 0 atom stereocenters. The van der Waals surface area contributed by atoms with Crippen molar-refractivity contribution in [3.05, 3.63) is 28.3 Å². The van der Waals surface area contributed by atoms with Crippen LogP contribution >= 0.6 is 0 Å². The topological polar surface area (TPSA) is 93.9 Å². The summed E-state index contributed by atoms with van der Waals surface area (Å²) in [7, 11) is 1.47. The van der Waals surface area contributed by atoms with E-state index in [1.165, 1.54) is 25.2 Å². The molecule has 2 N–H and O–H groups in total. The maximum absolute atomic E-state index is 10.4. The van der Waals surface area contributed by atoms with Crippen molar-refractivity contribution in [1.29, 1.82) is 0 Å². The number of hydrogen-bond donors (Lipinski definition) is 1. The maximum atomic E-state index is 10.4. The van der Waals surface area contributed by atoms with E-state index in [1.807, 2.05) is 0 Å². The molecule has 0 spiro atoms. The first-order chi connectivity index (χ1) is 6.15. The first kappa shape index (κ1) is 9.11. The Bertz CT molecular complexity index is 362. The Labute approximate surface area is 74.2 Å². The Morgan fingerprint density at radius 2 is 2.23 bits per heavy atom. The molecule has 0 saturated heterocycles. The van der Waals surface area contributed by atoms with Crippen molar-refractivity contribution in [2.75, 3.05) is 12.8 Å². The van der Waals surface area contributed by atoms with E-state index in [1.54, 1.807) is 0 Å². The van der Waals surface area contributed by atoms with Gasteiger partial charge in [0.05, 0.1) is 10.6 Å². The van der Waals surface area contributed by atoms with E-state index >= 15 is 0 Å². The number of benzene rings is 1. The normalized spacial score (nSPS) is 10.5. The van der Waals surface area contributed by atoms with Crippen LogP contribution in [-0.2, 0) is 0 Å². The zero-order chi connectivity index (χ0) is 9.84. The van der Waals surface area contributed by atoms with Gasteiger partial charge in [-0.1, -0.05) is 0 Å². The second-order valence-corrected chi connectivity index (χ2v) is 2.30. The predicted octanol–water partition coefficient (Wildman–Crippen LogP) is 1.89. The highest BCUT2D eigenvalue weighted by Gasteiger charge is 2.07. The average Bonchev–Trinajstić information content (AvgIpc) is 2.08. The van der Waals surface area contributed by atoms with Gasteiger partial charge in [-0.2, -0.15) is 10.2 Å². The minimum atomic E-state index is -0.506. The number of nitrogens with two attached hydrogens (primary N) is 1. The number of non-ortho nitro benzene ring substituents is 1. The van der Waals surface area contributed by atoms with E-state index in [2.05, 4.69) is 10.2 Å². The van der Waals surface area contributed by atoms with Gasteiger partial charge in [0.25, 0.3) is 5.69 Å². The third-order valence-corrected chi connectivity index (χ3v) is 1.43. The summed E-state index contributed by atoms with van der Waals surface area (Å²) in [6.07, 6.45) is 0. The van der Waals surface area contributed by atoms with E-state index in [0.29, 0.717) is 11.4 Å². The Morgan fingerprint density at radius 1 is 1.54 bits per heavy atom. The van der Waals surface area contributed by atoms with Gasteiger partial charge in [0, 0.05) is 19.2 Å². The van der Waals surface area contributed by atoms with E-state index in [0.717, 1.165) is 0 Å². The lowest BCUT2D eigenvalue weighted by atomic mass is 10.2. The lowest BCUT2D eigenvalue weighted by Gasteiger charge is -1.97. The van der Waals surface area contributed by atoms with Gasteiger partial charge < -0.3 is 5.73 Å². The van der Waals surface area contributed by atoms with Gasteiger partial charge in [-0.25, -0.2) is 0 Å². The van der Waals surface area contributed by atoms with Crippen LogP contribution < -0.4 is 5.73 Å². The molecule has 0 heterocycles. The van der Waals surface area contributed by atoms with Crippen LogP contribution in [-0.4, -0.2) is 12.0 Å². The Morgan fingerprint density at radius 3 is 2.77 bits per heavy atom. The Hall–Kier alpha value is -1.98. The predicted molar refractivity (Wildman–Crippen MR) is 47.9 cm³/mol. The van der Waals surface area contributed by atoms with Crippen LogP contribution in [0.25, 0.3) is 0 Å². The van der Waals surface area contributed by atoms with Gasteiger partial charge in [-0.3, -0.25) is 10.1 Å². The summed E-state index contributed by atoms with van der Waals surface area (Å²) >= 11 is 0. The molecular formula is C7H8N4O2. The standard InChI is InChI=1S/C7H8N4O2/c1-9-10-7-4-5(11(12)13)2-3-6(7)8/h2-4H,8H2,1H3. The molecule has 0 aromatic heterocycles. The summed E-state index contributed by atoms with van der Waals surface area (Å²) in [6.45, 7) is 0. The molecular weight excluding hydrogens is 172 g/mol. The van der Waals surface area contributed by atoms with Crippen molar-refractivity contribution in [1.82, 2.24) is 0 Å². The summed E-state index contributed by atoms with van der Waals surface area (Å²) in [6, 6.07) is 4.04. The number of nitro benzene ring substituents is 1. The lowest BCUT2D eigenvalue weighted by Crippen LogP contribution is -1.90. The summed E-state index contributed by atoms with van der Waals surface area (Å²) in [5.41, 5.74) is 6.14. The van der Waals surface area contributed by atoms with Gasteiger partial charge in [0.15, 0.2) is 0 Å². The minimum Gasteiger partial charge on any atom is -0.397 e. The number of anilines is 1. The van der Waals surface area contributed by atoms with Gasteiger partial charge in [0.1, 0.15) is 5.69 Å². The second-order valence-electron chi connectivity index (χ2n) is 2.30. The zero-order valence-electron chi connectivity index (χ0n) is 6.97. The fourth-order valence-corrected chi connectivity index (χ4v) is 0.840.